The molecule has 27 heavy (non-hydrogen) atoms. The van der Waals surface area contributed by atoms with E-state index in [1.165, 1.54) is 0 Å². The Labute approximate surface area is 162 Å². The van der Waals surface area contributed by atoms with E-state index in [4.69, 9.17) is 14.2 Å². The Morgan fingerprint density at radius 1 is 1.19 bits per heavy atom. The minimum Gasteiger partial charge on any atom is -0.493 e. The summed E-state index contributed by atoms with van der Waals surface area (Å²) < 4.78 is 15.9. The van der Waals surface area contributed by atoms with Gasteiger partial charge in [-0.1, -0.05) is 12.1 Å². The minimum absolute atomic E-state index is 0.220. The second-order valence-electron chi connectivity index (χ2n) is 6.20. The third-order valence-corrected chi connectivity index (χ3v) is 5.62. The van der Waals surface area contributed by atoms with Crippen LogP contribution in [0.5, 0.6) is 11.5 Å². The first kappa shape index (κ1) is 19.2. The van der Waals surface area contributed by atoms with Crippen LogP contribution in [0.3, 0.4) is 0 Å². The Kier molecular flexibility index (Phi) is 5.96. The molecule has 0 aliphatic heterocycles. The second-order valence-corrected chi connectivity index (χ2v) is 7.15. The molecule has 142 valence electrons. The molecule has 0 spiro atoms. The van der Waals surface area contributed by atoms with Gasteiger partial charge in [-0.3, -0.25) is 9.59 Å². The predicted molar refractivity (Wildman–Crippen MR) is 104 cm³/mol. The summed E-state index contributed by atoms with van der Waals surface area (Å²) in [4.78, 5) is 26.4. The van der Waals surface area contributed by atoms with Crippen molar-refractivity contribution < 1.29 is 23.8 Å². The van der Waals surface area contributed by atoms with Crippen LogP contribution in [-0.4, -0.2) is 32.6 Å². The lowest BCUT2D eigenvalue weighted by Crippen LogP contribution is -2.33. The van der Waals surface area contributed by atoms with Gasteiger partial charge in [0.25, 0.3) is 0 Å². The largest absolute Gasteiger partial charge is 0.493 e. The van der Waals surface area contributed by atoms with E-state index in [0.29, 0.717) is 17.9 Å². The van der Waals surface area contributed by atoms with Crippen molar-refractivity contribution in [3.05, 3.63) is 52.2 Å². The average molecular weight is 386 g/mol. The van der Waals surface area contributed by atoms with Gasteiger partial charge in [0.05, 0.1) is 20.8 Å². The maximum absolute atomic E-state index is 12.8. The summed E-state index contributed by atoms with van der Waals surface area (Å²) in [6.07, 6.45) is 2.16. The van der Waals surface area contributed by atoms with Gasteiger partial charge in [-0.05, 0) is 54.1 Å². The summed E-state index contributed by atoms with van der Waals surface area (Å²) in [5.41, 5.74) is 1.79. The van der Waals surface area contributed by atoms with Gasteiger partial charge in [-0.25, -0.2) is 0 Å². The number of carbonyl (C=O) groups is 2. The Morgan fingerprint density at radius 2 is 1.96 bits per heavy atom. The third-order valence-electron chi connectivity index (χ3n) is 4.68. The van der Waals surface area contributed by atoms with Crippen LogP contribution in [0, 0.1) is 5.92 Å². The second kappa shape index (κ2) is 8.39. The fraction of sp³-hybridized carbons (Fsp3) is 0.333. The number of carbonyl (C=O) groups excluding carboxylic acids is 2. The van der Waals surface area contributed by atoms with Crippen LogP contribution in [0.1, 0.15) is 29.7 Å². The zero-order valence-electron chi connectivity index (χ0n) is 15.6. The predicted octanol–water partition coefficient (Wildman–Crippen LogP) is 4.08. The normalized spacial score (nSPS) is 19.4. The molecule has 0 bridgehead atoms. The van der Waals surface area contributed by atoms with Gasteiger partial charge < -0.3 is 14.2 Å². The summed E-state index contributed by atoms with van der Waals surface area (Å²) in [5, 5.41) is 1.98. The summed E-state index contributed by atoms with van der Waals surface area (Å²) in [6, 6.07) is 9.45. The Morgan fingerprint density at radius 3 is 2.59 bits per heavy atom. The molecule has 0 radical (unpaired) electrons. The van der Waals surface area contributed by atoms with Crippen LogP contribution < -0.4 is 9.47 Å². The first-order chi connectivity index (χ1) is 13.1. The molecule has 0 fully saturated rings. The van der Waals surface area contributed by atoms with Crippen molar-refractivity contribution in [3.8, 4) is 11.5 Å². The quantitative estimate of drug-likeness (QED) is 0.553. The van der Waals surface area contributed by atoms with Crippen LogP contribution >= 0.6 is 11.3 Å². The maximum Gasteiger partial charge on any atom is 0.317 e. The number of rotatable bonds is 6. The standard InChI is InChI=1S/C21H22O5S/c1-4-26-21(23)20-15(13-7-8-17(24-2)18(12-13)25-3)10-14(11-16(20)22)19-6-5-9-27-19/h5-9,11-12,15,20H,4,10H2,1-3H3/t15-,20-/m0/s1. The molecule has 0 unspecified atom stereocenters. The molecule has 1 aromatic carbocycles. The fourth-order valence-electron chi connectivity index (χ4n) is 3.41. The fourth-order valence-corrected chi connectivity index (χ4v) is 4.17. The highest BCUT2D eigenvalue weighted by molar-refractivity contribution is 7.11. The van der Waals surface area contributed by atoms with Crippen molar-refractivity contribution in [2.75, 3.05) is 20.8 Å². The molecule has 1 aliphatic carbocycles. The lowest BCUT2D eigenvalue weighted by Gasteiger charge is -2.29. The molecular formula is C21H22O5S. The van der Waals surface area contributed by atoms with E-state index in [1.807, 2.05) is 29.6 Å². The minimum atomic E-state index is -0.855. The Bertz CT molecular complexity index is 853. The molecule has 1 aromatic heterocycles. The maximum atomic E-state index is 12.8. The molecule has 5 nitrogen and oxygen atoms in total. The van der Waals surface area contributed by atoms with E-state index in [-0.39, 0.29) is 18.3 Å². The van der Waals surface area contributed by atoms with Crippen molar-refractivity contribution in [3.63, 3.8) is 0 Å². The molecule has 0 amide bonds. The van der Waals surface area contributed by atoms with Gasteiger partial charge in [0.15, 0.2) is 17.3 Å². The summed E-state index contributed by atoms with van der Waals surface area (Å²) >= 11 is 1.58. The number of benzene rings is 1. The van der Waals surface area contributed by atoms with Gasteiger partial charge in [0.1, 0.15) is 5.92 Å². The molecule has 0 saturated heterocycles. The van der Waals surface area contributed by atoms with Gasteiger partial charge in [0, 0.05) is 10.8 Å². The zero-order valence-corrected chi connectivity index (χ0v) is 16.4. The van der Waals surface area contributed by atoms with Crippen LogP contribution in [0.15, 0.2) is 41.8 Å². The van der Waals surface area contributed by atoms with Crippen LogP contribution in [-0.2, 0) is 14.3 Å². The first-order valence-corrected chi connectivity index (χ1v) is 9.63. The molecule has 1 heterocycles. The van der Waals surface area contributed by atoms with E-state index < -0.39 is 11.9 Å². The topological polar surface area (TPSA) is 61.8 Å². The van der Waals surface area contributed by atoms with E-state index in [9.17, 15) is 9.59 Å². The summed E-state index contributed by atoms with van der Waals surface area (Å²) in [7, 11) is 3.13. The molecule has 2 aromatic rings. The molecule has 0 N–H and O–H groups in total. The number of methoxy groups -OCH3 is 2. The molecule has 0 saturated carbocycles. The van der Waals surface area contributed by atoms with Gasteiger partial charge >= 0.3 is 5.97 Å². The number of ketones is 1. The summed E-state index contributed by atoms with van der Waals surface area (Å²) in [5.74, 6) is -0.709. The number of esters is 1. The Balaban J connectivity index is 2.04. The lowest BCUT2D eigenvalue weighted by molar-refractivity contribution is -0.151. The third kappa shape index (κ3) is 3.90. The van der Waals surface area contributed by atoms with Crippen molar-refractivity contribution in [2.45, 2.75) is 19.3 Å². The van der Waals surface area contributed by atoms with Gasteiger partial charge in [-0.15, -0.1) is 11.3 Å². The van der Waals surface area contributed by atoms with Crippen molar-refractivity contribution >= 4 is 28.7 Å². The van der Waals surface area contributed by atoms with Crippen LogP contribution in [0.4, 0.5) is 0 Å². The SMILES string of the molecule is CCOC(=O)[C@@H]1C(=O)C=C(c2cccs2)C[C@H]1c1ccc(OC)c(OC)c1. The van der Waals surface area contributed by atoms with Crippen molar-refractivity contribution in [1.29, 1.82) is 0 Å². The van der Waals surface area contributed by atoms with E-state index in [1.54, 1.807) is 44.6 Å². The number of hydrogen-bond acceptors (Lipinski definition) is 6. The number of hydrogen-bond donors (Lipinski definition) is 0. The summed E-state index contributed by atoms with van der Waals surface area (Å²) in [6.45, 7) is 1.98. The number of allylic oxidation sites excluding steroid dienone is 2. The Hall–Kier alpha value is -2.60. The zero-order chi connectivity index (χ0) is 19.4. The lowest BCUT2D eigenvalue weighted by atomic mass is 9.74. The number of thiophene rings is 1. The molecule has 3 rings (SSSR count). The molecule has 2 atom stereocenters. The van der Waals surface area contributed by atoms with E-state index in [0.717, 1.165) is 16.0 Å². The van der Waals surface area contributed by atoms with Crippen molar-refractivity contribution in [2.24, 2.45) is 5.92 Å². The van der Waals surface area contributed by atoms with E-state index in [2.05, 4.69) is 0 Å². The van der Waals surface area contributed by atoms with Gasteiger partial charge in [0.2, 0.25) is 0 Å². The van der Waals surface area contributed by atoms with Crippen LogP contribution in [0.2, 0.25) is 0 Å². The molecular weight excluding hydrogens is 364 g/mol. The molecule has 6 heteroatoms. The highest BCUT2D eigenvalue weighted by Gasteiger charge is 2.40. The van der Waals surface area contributed by atoms with E-state index >= 15 is 0 Å². The van der Waals surface area contributed by atoms with Gasteiger partial charge in [-0.2, -0.15) is 0 Å². The highest BCUT2D eigenvalue weighted by atomic mass is 32.1. The molecule has 1 aliphatic rings. The van der Waals surface area contributed by atoms with Crippen molar-refractivity contribution in [1.82, 2.24) is 0 Å². The van der Waals surface area contributed by atoms with Crippen LogP contribution in [0.25, 0.3) is 5.57 Å². The first-order valence-electron chi connectivity index (χ1n) is 8.75. The number of ether oxygens (including phenoxy) is 3. The average Bonchev–Trinajstić information content (AvgIpc) is 3.21. The monoisotopic (exact) mass is 386 g/mol. The smallest absolute Gasteiger partial charge is 0.317 e. The highest BCUT2D eigenvalue weighted by Crippen LogP contribution is 2.43.